The van der Waals surface area contributed by atoms with Crippen LogP contribution in [0, 0.1) is 11.6 Å². The third-order valence-corrected chi connectivity index (χ3v) is 4.97. The average molecular weight is 457 g/mol. The maximum atomic E-state index is 14.1. The van der Waals surface area contributed by atoms with Crippen molar-refractivity contribution in [2.75, 3.05) is 0 Å². The SMILES string of the molecule is Fc1cccc(-c2nc3c([nH]2)C=NN(Cc2cc(-c4ccc(OC(F)F)cc4)no2)C3)c1F. The fourth-order valence-electron chi connectivity index (χ4n) is 3.42. The highest BCUT2D eigenvalue weighted by Gasteiger charge is 2.21. The molecule has 0 bridgehead atoms. The molecule has 0 aliphatic carbocycles. The van der Waals surface area contributed by atoms with Gasteiger partial charge >= 0.3 is 6.61 Å². The number of halogens is 4. The average Bonchev–Trinajstić information content (AvgIpc) is 3.42. The number of hydrogen-bond donors (Lipinski definition) is 1. The minimum atomic E-state index is -2.89. The van der Waals surface area contributed by atoms with Gasteiger partial charge in [0.05, 0.1) is 36.3 Å². The smallest absolute Gasteiger partial charge is 0.387 e. The fourth-order valence-corrected chi connectivity index (χ4v) is 3.42. The summed E-state index contributed by atoms with van der Waals surface area (Å²) in [7, 11) is 0. The van der Waals surface area contributed by atoms with Crippen molar-refractivity contribution < 1.29 is 26.8 Å². The summed E-state index contributed by atoms with van der Waals surface area (Å²) in [5.41, 5.74) is 2.46. The first-order chi connectivity index (χ1) is 16.0. The molecule has 1 aliphatic heterocycles. The van der Waals surface area contributed by atoms with E-state index in [2.05, 4.69) is 25.0 Å². The van der Waals surface area contributed by atoms with E-state index in [0.717, 1.165) is 6.07 Å². The highest BCUT2D eigenvalue weighted by Crippen LogP contribution is 2.27. The fraction of sp³-hybridized carbons (Fsp3) is 0.136. The van der Waals surface area contributed by atoms with Crippen LogP contribution >= 0.6 is 0 Å². The largest absolute Gasteiger partial charge is 0.435 e. The van der Waals surface area contributed by atoms with Crippen LogP contribution in [-0.4, -0.2) is 33.0 Å². The normalized spacial score (nSPS) is 12.9. The molecule has 168 valence electrons. The number of nitrogens with zero attached hydrogens (tertiary/aromatic N) is 4. The lowest BCUT2D eigenvalue weighted by atomic mass is 10.1. The Labute approximate surface area is 184 Å². The molecular weight excluding hydrogens is 442 g/mol. The second-order valence-corrected chi connectivity index (χ2v) is 7.20. The Morgan fingerprint density at radius 1 is 1.12 bits per heavy atom. The van der Waals surface area contributed by atoms with Gasteiger partial charge in [0.25, 0.3) is 0 Å². The van der Waals surface area contributed by atoms with E-state index in [0.29, 0.717) is 35.0 Å². The van der Waals surface area contributed by atoms with E-state index in [1.165, 1.54) is 24.3 Å². The maximum Gasteiger partial charge on any atom is 0.387 e. The molecule has 3 heterocycles. The van der Waals surface area contributed by atoms with Gasteiger partial charge in [0.1, 0.15) is 17.3 Å². The van der Waals surface area contributed by atoms with Gasteiger partial charge in [-0.05, 0) is 36.4 Å². The van der Waals surface area contributed by atoms with Crippen LogP contribution in [0.1, 0.15) is 17.1 Å². The Balaban J connectivity index is 1.28. The van der Waals surface area contributed by atoms with E-state index in [4.69, 9.17) is 4.52 Å². The van der Waals surface area contributed by atoms with Crippen LogP contribution in [0.4, 0.5) is 17.6 Å². The van der Waals surface area contributed by atoms with Crippen molar-refractivity contribution >= 4 is 6.21 Å². The number of nitrogens with one attached hydrogen (secondary N) is 1. The van der Waals surface area contributed by atoms with Gasteiger partial charge in [-0.15, -0.1) is 0 Å². The van der Waals surface area contributed by atoms with Crippen LogP contribution in [0.25, 0.3) is 22.6 Å². The number of aromatic nitrogens is 3. The van der Waals surface area contributed by atoms with Crippen molar-refractivity contribution in [2.24, 2.45) is 5.10 Å². The monoisotopic (exact) mass is 457 g/mol. The van der Waals surface area contributed by atoms with Crippen molar-refractivity contribution in [1.82, 2.24) is 20.1 Å². The minimum Gasteiger partial charge on any atom is -0.435 e. The number of alkyl halides is 2. The van der Waals surface area contributed by atoms with E-state index in [-0.39, 0.29) is 23.7 Å². The van der Waals surface area contributed by atoms with Gasteiger partial charge < -0.3 is 14.2 Å². The first kappa shape index (κ1) is 20.7. The summed E-state index contributed by atoms with van der Waals surface area (Å²) in [5, 5.41) is 10.0. The molecule has 11 heteroatoms. The van der Waals surface area contributed by atoms with Crippen LogP contribution in [0.5, 0.6) is 5.75 Å². The van der Waals surface area contributed by atoms with Gasteiger partial charge in [0.15, 0.2) is 17.4 Å². The Morgan fingerprint density at radius 3 is 2.73 bits per heavy atom. The molecule has 0 radical (unpaired) electrons. The number of benzene rings is 2. The van der Waals surface area contributed by atoms with Crippen molar-refractivity contribution in [3.63, 3.8) is 0 Å². The molecule has 7 nitrogen and oxygen atoms in total. The van der Waals surface area contributed by atoms with Gasteiger partial charge in [-0.1, -0.05) is 11.2 Å². The molecule has 0 saturated carbocycles. The lowest BCUT2D eigenvalue weighted by Gasteiger charge is -2.19. The molecule has 4 aromatic rings. The molecule has 5 rings (SSSR count). The summed E-state index contributed by atoms with van der Waals surface area (Å²) in [4.78, 5) is 7.35. The summed E-state index contributed by atoms with van der Waals surface area (Å²) < 4.78 is 61.9. The summed E-state index contributed by atoms with van der Waals surface area (Å²) in [6, 6.07) is 11.7. The lowest BCUT2D eigenvalue weighted by molar-refractivity contribution is -0.0498. The minimum absolute atomic E-state index is 0.0363. The van der Waals surface area contributed by atoms with Crippen LogP contribution in [0.3, 0.4) is 0 Å². The van der Waals surface area contributed by atoms with Crippen molar-refractivity contribution in [2.45, 2.75) is 19.7 Å². The molecule has 0 fully saturated rings. The highest BCUT2D eigenvalue weighted by atomic mass is 19.3. The van der Waals surface area contributed by atoms with Crippen LogP contribution in [0.2, 0.25) is 0 Å². The summed E-state index contributed by atoms with van der Waals surface area (Å²) in [5.74, 6) is -1.14. The first-order valence-corrected chi connectivity index (χ1v) is 9.79. The predicted molar refractivity (Wildman–Crippen MR) is 109 cm³/mol. The molecule has 0 unspecified atom stereocenters. The number of hydrogen-bond acceptors (Lipinski definition) is 6. The van der Waals surface area contributed by atoms with Gasteiger partial charge in [-0.3, -0.25) is 5.01 Å². The number of rotatable bonds is 6. The van der Waals surface area contributed by atoms with E-state index >= 15 is 0 Å². The summed E-state index contributed by atoms with van der Waals surface area (Å²) in [6.45, 7) is -2.29. The molecule has 2 aromatic heterocycles. The zero-order valence-corrected chi connectivity index (χ0v) is 16.8. The molecule has 0 amide bonds. The zero-order chi connectivity index (χ0) is 22.9. The zero-order valence-electron chi connectivity index (χ0n) is 16.8. The van der Waals surface area contributed by atoms with Gasteiger partial charge in [-0.25, -0.2) is 13.8 Å². The van der Waals surface area contributed by atoms with Gasteiger partial charge in [-0.2, -0.15) is 13.9 Å². The quantitative estimate of drug-likeness (QED) is 0.414. The van der Waals surface area contributed by atoms with Gasteiger partial charge in [0, 0.05) is 11.6 Å². The number of H-pyrrole nitrogens is 1. The Kier molecular flexibility index (Phi) is 5.29. The number of ether oxygens (including phenoxy) is 1. The number of fused-ring (bicyclic) bond motifs is 1. The molecule has 1 aliphatic rings. The van der Waals surface area contributed by atoms with Crippen molar-refractivity contribution in [3.05, 3.63) is 77.3 Å². The van der Waals surface area contributed by atoms with E-state index in [9.17, 15) is 17.6 Å². The maximum absolute atomic E-state index is 14.1. The van der Waals surface area contributed by atoms with Crippen LogP contribution < -0.4 is 4.74 Å². The Morgan fingerprint density at radius 2 is 1.94 bits per heavy atom. The topological polar surface area (TPSA) is 79.5 Å². The second-order valence-electron chi connectivity index (χ2n) is 7.20. The van der Waals surface area contributed by atoms with E-state index in [1.54, 1.807) is 29.4 Å². The molecule has 1 N–H and O–H groups in total. The summed E-state index contributed by atoms with van der Waals surface area (Å²) >= 11 is 0. The van der Waals surface area contributed by atoms with Crippen LogP contribution in [-0.2, 0) is 13.1 Å². The van der Waals surface area contributed by atoms with Crippen molar-refractivity contribution in [1.29, 1.82) is 0 Å². The number of imidazole rings is 1. The second kappa shape index (κ2) is 8.41. The lowest BCUT2D eigenvalue weighted by Crippen LogP contribution is -2.21. The summed E-state index contributed by atoms with van der Waals surface area (Å²) in [6.07, 6.45) is 1.55. The van der Waals surface area contributed by atoms with E-state index < -0.39 is 18.2 Å². The molecule has 0 spiro atoms. The molecular formula is C22H15F4N5O2. The first-order valence-electron chi connectivity index (χ1n) is 9.79. The van der Waals surface area contributed by atoms with E-state index in [1.807, 2.05) is 0 Å². The Hall–Kier alpha value is -4.15. The molecule has 0 saturated heterocycles. The third kappa shape index (κ3) is 4.29. The predicted octanol–water partition coefficient (Wildman–Crippen LogP) is 4.96. The molecule has 33 heavy (non-hydrogen) atoms. The number of hydrazone groups is 1. The molecule has 0 atom stereocenters. The van der Waals surface area contributed by atoms with Crippen LogP contribution in [0.15, 0.2) is 58.2 Å². The Bertz CT molecular complexity index is 1320. The molecule has 2 aromatic carbocycles. The standard InChI is InChI=1S/C22H15F4N5O2/c23-16-3-1-2-15(20(16)24)21-28-18-9-27-31(11-19(18)29-21)10-14-8-17(30-33-14)12-4-6-13(7-5-12)32-22(25)26/h1-9,22H,10-11H2,(H,28,29). The van der Waals surface area contributed by atoms with Crippen molar-refractivity contribution in [3.8, 4) is 28.4 Å². The number of aromatic amines is 1. The van der Waals surface area contributed by atoms with Gasteiger partial charge in [0.2, 0.25) is 0 Å². The third-order valence-electron chi connectivity index (χ3n) is 4.97. The highest BCUT2D eigenvalue weighted by molar-refractivity contribution is 5.80.